The van der Waals surface area contributed by atoms with Crippen molar-refractivity contribution in [2.75, 3.05) is 18.7 Å². The highest BCUT2D eigenvalue weighted by molar-refractivity contribution is 5.94. The Bertz CT molecular complexity index is 1120. The van der Waals surface area contributed by atoms with E-state index < -0.39 is 0 Å². The minimum atomic E-state index is -0.305. The summed E-state index contributed by atoms with van der Waals surface area (Å²) in [6.07, 6.45) is 0. The van der Waals surface area contributed by atoms with E-state index in [1.165, 1.54) is 6.07 Å². The largest absolute Gasteiger partial charge is 0.454 e. The molecule has 2 unspecified atom stereocenters. The lowest BCUT2D eigenvalue weighted by molar-refractivity contribution is -0.120. The van der Waals surface area contributed by atoms with Crippen LogP contribution < -0.4 is 20.1 Å². The molecule has 2 aliphatic rings. The van der Waals surface area contributed by atoms with E-state index >= 15 is 0 Å². The van der Waals surface area contributed by atoms with E-state index in [4.69, 9.17) is 9.47 Å². The van der Waals surface area contributed by atoms with Crippen LogP contribution in [-0.2, 0) is 18.4 Å². The summed E-state index contributed by atoms with van der Waals surface area (Å²) in [5, 5.41) is 7.28. The maximum atomic E-state index is 14.0. The van der Waals surface area contributed by atoms with Gasteiger partial charge in [0.1, 0.15) is 5.82 Å². The molecule has 2 atom stereocenters. The lowest BCUT2D eigenvalue weighted by Gasteiger charge is -2.29. The third kappa shape index (κ3) is 2.93. The number of rotatable bonds is 3. The second kappa shape index (κ2) is 6.77. The number of aromatic nitrogens is 1. The van der Waals surface area contributed by atoms with Crippen LogP contribution in [0.5, 0.6) is 11.5 Å². The molecule has 150 valence electrons. The topological polar surface area (TPSA) is 64.5 Å². The Morgan fingerprint density at radius 1 is 1.24 bits per heavy atom. The van der Waals surface area contributed by atoms with E-state index in [1.54, 1.807) is 30.3 Å². The number of halogens is 1. The van der Waals surface area contributed by atoms with E-state index in [0.717, 1.165) is 22.2 Å². The number of hydrogen-bond donors (Lipinski definition) is 2. The van der Waals surface area contributed by atoms with Gasteiger partial charge < -0.3 is 24.7 Å². The van der Waals surface area contributed by atoms with Crippen LogP contribution in [0.25, 0.3) is 10.9 Å². The molecule has 0 spiro atoms. The number of carbonyl (C=O) groups is 1. The van der Waals surface area contributed by atoms with Crippen LogP contribution in [0.1, 0.15) is 24.1 Å². The molecule has 0 saturated heterocycles. The number of carbonyl (C=O) groups excluding carboxylic acids is 1. The van der Waals surface area contributed by atoms with Crippen molar-refractivity contribution in [3.8, 4) is 11.5 Å². The number of ether oxygens (including phenoxy) is 2. The van der Waals surface area contributed by atoms with Gasteiger partial charge in [0.25, 0.3) is 0 Å². The van der Waals surface area contributed by atoms with Gasteiger partial charge in [-0.15, -0.1) is 0 Å². The molecule has 0 radical (unpaired) electrons. The quantitative estimate of drug-likeness (QED) is 0.712. The number of amides is 1. The lowest BCUT2D eigenvalue weighted by atomic mass is 9.82. The summed E-state index contributed by atoms with van der Waals surface area (Å²) in [6, 6.07) is 10.2. The van der Waals surface area contributed by atoms with Gasteiger partial charge in [0, 0.05) is 60.3 Å². The molecule has 2 aromatic carbocycles. The fourth-order valence-corrected chi connectivity index (χ4v) is 4.41. The predicted molar refractivity (Wildman–Crippen MR) is 108 cm³/mol. The van der Waals surface area contributed by atoms with Crippen molar-refractivity contribution in [1.29, 1.82) is 0 Å². The average molecular weight is 395 g/mol. The number of aryl methyl sites for hydroxylation is 1. The Hall–Kier alpha value is -3.06. The SMILES string of the molecule is CC(C(=O)Nc1ccc2c(c1)OCO2)C1CNCc2c1c1cc(F)ccc1n2C. The maximum absolute atomic E-state index is 14.0. The average Bonchev–Trinajstić information content (AvgIpc) is 3.30. The van der Waals surface area contributed by atoms with E-state index in [-0.39, 0.29) is 30.4 Å². The minimum Gasteiger partial charge on any atom is -0.454 e. The monoisotopic (exact) mass is 395 g/mol. The van der Waals surface area contributed by atoms with E-state index in [1.807, 2.05) is 14.0 Å². The Labute approximate surface area is 167 Å². The van der Waals surface area contributed by atoms with Crippen LogP contribution in [0.2, 0.25) is 0 Å². The van der Waals surface area contributed by atoms with Crippen molar-refractivity contribution in [3.63, 3.8) is 0 Å². The molecule has 2 N–H and O–H groups in total. The second-order valence-corrected chi connectivity index (χ2v) is 7.66. The molecule has 1 aromatic heterocycles. The molecular weight excluding hydrogens is 373 g/mol. The standard InChI is InChI=1S/C22H22FN3O3/c1-12(22(27)25-14-4-6-19-20(8-14)29-11-28-19)16-9-24-10-18-21(16)15-7-13(23)3-5-17(15)26(18)2/h3-8,12,16,24H,9-11H2,1-2H3,(H,25,27). The van der Waals surface area contributed by atoms with Gasteiger partial charge in [-0.25, -0.2) is 4.39 Å². The highest BCUT2D eigenvalue weighted by atomic mass is 19.1. The maximum Gasteiger partial charge on any atom is 0.231 e. The predicted octanol–water partition coefficient (Wildman–Crippen LogP) is 3.51. The normalized spacial score (nSPS) is 18.5. The van der Waals surface area contributed by atoms with Gasteiger partial charge in [-0.3, -0.25) is 4.79 Å². The first-order valence-electron chi connectivity index (χ1n) is 9.71. The van der Waals surface area contributed by atoms with Crippen LogP contribution in [0.15, 0.2) is 36.4 Å². The molecule has 3 aromatic rings. The zero-order valence-electron chi connectivity index (χ0n) is 16.3. The van der Waals surface area contributed by atoms with Gasteiger partial charge in [0.15, 0.2) is 11.5 Å². The summed E-state index contributed by atoms with van der Waals surface area (Å²) in [7, 11) is 1.99. The molecule has 0 aliphatic carbocycles. The third-order valence-corrected chi connectivity index (χ3v) is 6.01. The molecule has 1 amide bonds. The van der Waals surface area contributed by atoms with Crippen LogP contribution >= 0.6 is 0 Å². The first kappa shape index (κ1) is 18.0. The van der Waals surface area contributed by atoms with Crippen molar-refractivity contribution in [1.82, 2.24) is 9.88 Å². The number of nitrogens with zero attached hydrogens (tertiary/aromatic N) is 1. The number of nitrogens with one attached hydrogen (secondary N) is 2. The Morgan fingerprint density at radius 2 is 2.07 bits per heavy atom. The number of anilines is 1. The summed E-state index contributed by atoms with van der Waals surface area (Å²) >= 11 is 0. The number of hydrogen-bond acceptors (Lipinski definition) is 4. The minimum absolute atomic E-state index is 0.0572. The van der Waals surface area contributed by atoms with E-state index in [2.05, 4.69) is 15.2 Å². The first-order chi connectivity index (χ1) is 14.0. The summed E-state index contributed by atoms with van der Waals surface area (Å²) in [4.78, 5) is 13.0. The zero-order valence-corrected chi connectivity index (χ0v) is 16.3. The molecular formula is C22H22FN3O3. The fourth-order valence-electron chi connectivity index (χ4n) is 4.41. The van der Waals surface area contributed by atoms with Gasteiger partial charge >= 0.3 is 0 Å². The Morgan fingerprint density at radius 3 is 2.93 bits per heavy atom. The summed E-state index contributed by atoms with van der Waals surface area (Å²) < 4.78 is 26.8. The molecule has 7 heteroatoms. The van der Waals surface area contributed by atoms with Gasteiger partial charge in [-0.2, -0.15) is 0 Å². The second-order valence-electron chi connectivity index (χ2n) is 7.66. The molecule has 2 aliphatic heterocycles. The lowest BCUT2D eigenvalue weighted by Crippen LogP contribution is -2.36. The number of benzene rings is 2. The molecule has 6 nitrogen and oxygen atoms in total. The fraction of sp³-hybridized carbons (Fsp3) is 0.318. The molecule has 3 heterocycles. The first-order valence-corrected chi connectivity index (χ1v) is 9.71. The van der Waals surface area contributed by atoms with Gasteiger partial charge in [0.2, 0.25) is 12.7 Å². The summed E-state index contributed by atoms with van der Waals surface area (Å²) in [6.45, 7) is 3.48. The molecule has 0 fully saturated rings. The van der Waals surface area contributed by atoms with Gasteiger partial charge in [-0.1, -0.05) is 6.92 Å². The molecule has 29 heavy (non-hydrogen) atoms. The zero-order chi connectivity index (χ0) is 20.1. The van der Waals surface area contributed by atoms with E-state index in [0.29, 0.717) is 30.3 Å². The van der Waals surface area contributed by atoms with Crippen LogP contribution in [0.4, 0.5) is 10.1 Å². The van der Waals surface area contributed by atoms with Crippen LogP contribution in [0, 0.1) is 11.7 Å². The molecule has 0 saturated carbocycles. The van der Waals surface area contributed by atoms with Gasteiger partial charge in [0.05, 0.1) is 0 Å². The van der Waals surface area contributed by atoms with Gasteiger partial charge in [-0.05, 0) is 35.9 Å². The molecule has 5 rings (SSSR count). The Kier molecular flexibility index (Phi) is 4.20. The van der Waals surface area contributed by atoms with Crippen molar-refractivity contribution < 1.29 is 18.7 Å². The van der Waals surface area contributed by atoms with Crippen LogP contribution in [0.3, 0.4) is 0 Å². The molecule has 0 bridgehead atoms. The van der Waals surface area contributed by atoms with Crippen LogP contribution in [-0.4, -0.2) is 23.8 Å². The van der Waals surface area contributed by atoms with Crippen molar-refractivity contribution in [2.24, 2.45) is 13.0 Å². The van der Waals surface area contributed by atoms with Crippen molar-refractivity contribution >= 4 is 22.5 Å². The summed E-state index contributed by atoms with van der Waals surface area (Å²) in [5.41, 5.74) is 3.81. The van der Waals surface area contributed by atoms with E-state index in [9.17, 15) is 9.18 Å². The highest BCUT2D eigenvalue weighted by Crippen LogP contribution is 2.39. The smallest absolute Gasteiger partial charge is 0.231 e. The third-order valence-electron chi connectivity index (χ3n) is 6.01. The van der Waals surface area contributed by atoms with Crippen molar-refractivity contribution in [2.45, 2.75) is 19.4 Å². The number of fused-ring (bicyclic) bond motifs is 4. The highest BCUT2D eigenvalue weighted by Gasteiger charge is 2.33. The summed E-state index contributed by atoms with van der Waals surface area (Å²) in [5.74, 6) is 0.591. The Balaban J connectivity index is 1.46. The van der Waals surface area contributed by atoms with Crippen molar-refractivity contribution in [3.05, 3.63) is 53.5 Å².